The van der Waals surface area contributed by atoms with Crippen LogP contribution in [0.1, 0.15) is 13.3 Å². The first-order valence-corrected chi connectivity index (χ1v) is 11.4. The second kappa shape index (κ2) is 8.70. The van der Waals surface area contributed by atoms with Crippen molar-refractivity contribution >= 4 is 33.7 Å². The van der Waals surface area contributed by atoms with Crippen LogP contribution in [0.2, 0.25) is 0 Å². The number of hydrogen-bond donors (Lipinski definition) is 3. The van der Waals surface area contributed by atoms with Crippen molar-refractivity contribution in [2.75, 3.05) is 5.32 Å². The number of rotatable bonds is 5. The van der Waals surface area contributed by atoms with Crippen molar-refractivity contribution in [3.8, 4) is 33.6 Å². The van der Waals surface area contributed by atoms with Crippen LogP contribution in [0, 0.1) is 5.82 Å². The van der Waals surface area contributed by atoms with Crippen molar-refractivity contribution < 1.29 is 9.18 Å². The Morgan fingerprint density at radius 1 is 0.944 bits per heavy atom. The maximum absolute atomic E-state index is 14.5. The number of amides is 1. The number of H-pyrrole nitrogens is 2. The normalized spacial score (nSPS) is 11.3. The third-order valence-corrected chi connectivity index (χ3v) is 6.04. The summed E-state index contributed by atoms with van der Waals surface area (Å²) >= 11 is 0. The number of aromatic nitrogens is 6. The molecular formula is C27H20FN7O. The van der Waals surface area contributed by atoms with Crippen LogP contribution >= 0.6 is 0 Å². The predicted molar refractivity (Wildman–Crippen MR) is 137 cm³/mol. The lowest BCUT2D eigenvalue weighted by molar-refractivity contribution is -0.115. The van der Waals surface area contributed by atoms with Gasteiger partial charge in [-0.2, -0.15) is 5.10 Å². The first-order valence-electron chi connectivity index (χ1n) is 11.4. The summed E-state index contributed by atoms with van der Waals surface area (Å²) in [5, 5.41) is 11.9. The first-order chi connectivity index (χ1) is 17.6. The van der Waals surface area contributed by atoms with Gasteiger partial charge < -0.3 is 10.3 Å². The number of nitrogens with zero attached hydrogens (tertiary/aromatic N) is 4. The molecule has 0 radical (unpaired) electrons. The van der Waals surface area contributed by atoms with Crippen LogP contribution in [0.15, 0.2) is 73.3 Å². The van der Waals surface area contributed by atoms with Gasteiger partial charge in [0.1, 0.15) is 17.2 Å². The molecule has 0 saturated heterocycles. The van der Waals surface area contributed by atoms with Gasteiger partial charge in [-0.3, -0.25) is 14.9 Å². The number of halogens is 1. The Balaban J connectivity index is 1.44. The van der Waals surface area contributed by atoms with Gasteiger partial charge in [0, 0.05) is 52.5 Å². The van der Waals surface area contributed by atoms with E-state index < -0.39 is 0 Å². The topological polar surface area (TPSA) is 112 Å². The van der Waals surface area contributed by atoms with E-state index in [2.05, 4.69) is 35.5 Å². The number of pyridine rings is 3. The zero-order valence-corrected chi connectivity index (χ0v) is 19.2. The Hall–Kier alpha value is -4.92. The number of carbonyl (C=O) groups is 1. The highest BCUT2D eigenvalue weighted by Gasteiger charge is 2.17. The van der Waals surface area contributed by atoms with E-state index in [9.17, 15) is 9.18 Å². The van der Waals surface area contributed by atoms with Crippen LogP contribution in [0.3, 0.4) is 0 Å². The van der Waals surface area contributed by atoms with Crippen molar-refractivity contribution in [2.24, 2.45) is 0 Å². The highest BCUT2D eigenvalue weighted by molar-refractivity contribution is 6.00. The van der Waals surface area contributed by atoms with Gasteiger partial charge in [-0.15, -0.1) is 0 Å². The molecule has 3 N–H and O–H groups in total. The molecule has 6 rings (SSSR count). The third kappa shape index (κ3) is 3.76. The fraction of sp³-hybridized carbons (Fsp3) is 0.0741. The van der Waals surface area contributed by atoms with E-state index in [-0.39, 0.29) is 11.7 Å². The second-order valence-corrected chi connectivity index (χ2v) is 8.34. The fourth-order valence-electron chi connectivity index (χ4n) is 4.25. The predicted octanol–water partition coefficient (Wildman–Crippen LogP) is 5.72. The van der Waals surface area contributed by atoms with E-state index in [1.807, 2.05) is 24.3 Å². The Labute approximate surface area is 204 Å². The van der Waals surface area contributed by atoms with Gasteiger partial charge in [0.05, 0.1) is 17.6 Å². The van der Waals surface area contributed by atoms with Gasteiger partial charge >= 0.3 is 0 Å². The molecule has 0 saturated carbocycles. The van der Waals surface area contributed by atoms with Crippen LogP contribution in [0.4, 0.5) is 10.1 Å². The number of aromatic amines is 2. The molecule has 0 fully saturated rings. The molecule has 0 aliphatic rings. The highest BCUT2D eigenvalue weighted by atomic mass is 19.1. The van der Waals surface area contributed by atoms with Gasteiger partial charge in [0.25, 0.3) is 0 Å². The first kappa shape index (κ1) is 21.6. The molecule has 6 aromatic rings. The summed E-state index contributed by atoms with van der Waals surface area (Å²) in [6.45, 7) is 1.80. The molecule has 0 spiro atoms. The molecule has 1 aromatic carbocycles. The zero-order valence-electron chi connectivity index (χ0n) is 19.2. The van der Waals surface area contributed by atoms with Gasteiger partial charge in [0.15, 0.2) is 5.65 Å². The van der Waals surface area contributed by atoms with E-state index in [1.165, 1.54) is 6.07 Å². The van der Waals surface area contributed by atoms with Crippen LogP contribution in [0.25, 0.3) is 55.7 Å². The number of anilines is 1. The molecule has 5 aromatic heterocycles. The summed E-state index contributed by atoms with van der Waals surface area (Å²) in [7, 11) is 0. The van der Waals surface area contributed by atoms with Gasteiger partial charge in [-0.1, -0.05) is 25.1 Å². The molecule has 0 bridgehead atoms. The molecule has 0 aliphatic heterocycles. The minimum atomic E-state index is -0.294. The minimum absolute atomic E-state index is 0.0816. The summed E-state index contributed by atoms with van der Waals surface area (Å²) in [6, 6.07) is 14.2. The summed E-state index contributed by atoms with van der Waals surface area (Å²) in [5.41, 5.74) is 6.16. The van der Waals surface area contributed by atoms with Crippen LogP contribution in [-0.2, 0) is 4.79 Å². The molecule has 8 nitrogen and oxygen atoms in total. The molecule has 5 heterocycles. The molecule has 0 unspecified atom stereocenters. The second-order valence-electron chi connectivity index (χ2n) is 8.34. The molecule has 1 amide bonds. The Morgan fingerprint density at radius 2 is 1.81 bits per heavy atom. The van der Waals surface area contributed by atoms with Crippen molar-refractivity contribution in [1.82, 2.24) is 30.1 Å². The van der Waals surface area contributed by atoms with Crippen molar-refractivity contribution in [3.63, 3.8) is 0 Å². The Kier molecular flexibility index (Phi) is 5.22. The lowest BCUT2D eigenvalue weighted by Gasteiger charge is -2.06. The number of carbonyl (C=O) groups excluding carboxylic acids is 1. The lowest BCUT2D eigenvalue weighted by atomic mass is 10.0. The largest absolute Gasteiger partial charge is 0.338 e. The van der Waals surface area contributed by atoms with E-state index in [0.29, 0.717) is 34.7 Å². The van der Waals surface area contributed by atoms with Crippen LogP contribution < -0.4 is 5.32 Å². The highest BCUT2D eigenvalue weighted by Crippen LogP contribution is 2.34. The van der Waals surface area contributed by atoms with Gasteiger partial charge in [-0.05, 0) is 35.9 Å². The Morgan fingerprint density at radius 3 is 2.67 bits per heavy atom. The summed E-state index contributed by atoms with van der Waals surface area (Å²) in [6.07, 6.45) is 7.10. The number of fused-ring (bicyclic) bond motifs is 2. The molecule has 9 heteroatoms. The van der Waals surface area contributed by atoms with Gasteiger partial charge in [0.2, 0.25) is 5.91 Å². The van der Waals surface area contributed by atoms with Crippen molar-refractivity contribution in [3.05, 3.63) is 79.1 Å². The quantitative estimate of drug-likeness (QED) is 0.294. The van der Waals surface area contributed by atoms with Crippen molar-refractivity contribution in [2.45, 2.75) is 13.3 Å². The third-order valence-electron chi connectivity index (χ3n) is 6.04. The molecular weight excluding hydrogens is 457 g/mol. The Bertz CT molecular complexity index is 1750. The average molecular weight is 478 g/mol. The maximum Gasteiger partial charge on any atom is 0.224 e. The standard InChI is InChI=1S/C27H20FN7O/c1-2-24(36)32-17-9-15(12-29-14-17)16-10-21-25(34-35-27(21)31-13-16)23-11-20-18(7-8-30-26(20)33-23)19-5-3-4-6-22(19)28/h3-14H,2H2,1H3,(H,30,33)(H,32,36)(H,31,34,35). The number of benzene rings is 1. The van der Waals surface area contributed by atoms with Gasteiger partial charge in [-0.25, -0.2) is 14.4 Å². The summed E-state index contributed by atoms with van der Waals surface area (Å²) < 4.78 is 14.5. The lowest BCUT2D eigenvalue weighted by Crippen LogP contribution is -2.09. The van der Waals surface area contributed by atoms with E-state index >= 15 is 0 Å². The molecule has 176 valence electrons. The smallest absolute Gasteiger partial charge is 0.224 e. The maximum atomic E-state index is 14.5. The van der Waals surface area contributed by atoms with E-state index in [0.717, 1.165) is 33.2 Å². The summed E-state index contributed by atoms with van der Waals surface area (Å²) in [5.74, 6) is -0.375. The number of hydrogen-bond acceptors (Lipinski definition) is 5. The van der Waals surface area contributed by atoms with Crippen LogP contribution in [-0.4, -0.2) is 36.0 Å². The zero-order chi connectivity index (χ0) is 24.6. The molecule has 0 aliphatic carbocycles. The van der Waals surface area contributed by atoms with E-state index in [1.54, 1.807) is 49.9 Å². The molecule has 36 heavy (non-hydrogen) atoms. The van der Waals surface area contributed by atoms with E-state index in [4.69, 9.17) is 0 Å². The number of nitrogens with one attached hydrogen (secondary N) is 3. The fourth-order valence-corrected chi connectivity index (χ4v) is 4.25. The SMILES string of the molecule is CCC(=O)Nc1cncc(-c2cnc3[nH]nc(-c4cc5c(-c6ccccc6F)ccnc5[nH]4)c3c2)c1. The molecule has 0 atom stereocenters. The average Bonchev–Trinajstić information content (AvgIpc) is 3.52. The minimum Gasteiger partial charge on any atom is -0.338 e. The van der Waals surface area contributed by atoms with Crippen LogP contribution in [0.5, 0.6) is 0 Å². The summed E-state index contributed by atoms with van der Waals surface area (Å²) in [4.78, 5) is 28.3. The monoisotopic (exact) mass is 477 g/mol. The van der Waals surface area contributed by atoms with Crippen molar-refractivity contribution in [1.29, 1.82) is 0 Å².